The average Bonchev–Trinajstić information content (AvgIpc) is 2.89. The van der Waals surface area contributed by atoms with E-state index < -0.39 is 0 Å². The Labute approximate surface area is 199 Å². The summed E-state index contributed by atoms with van der Waals surface area (Å²) < 4.78 is 10.1. The molecule has 0 spiro atoms. The molecule has 0 saturated carbocycles. The first-order chi connectivity index (χ1) is 16.6. The SMILES string of the molecule is COc1cc(C=Nc2ccccc2)ccc1O.COc1cc(C=Nc2ccccc2)ccc1O. The minimum Gasteiger partial charge on any atom is -0.504 e. The zero-order valence-corrected chi connectivity index (χ0v) is 19.0. The number of aromatic hydroxyl groups is 2. The summed E-state index contributed by atoms with van der Waals surface area (Å²) in [5, 5.41) is 18.9. The Morgan fingerprint density at radius 1 is 0.559 bits per heavy atom. The first kappa shape index (κ1) is 24.1. The number of hydrogen-bond acceptors (Lipinski definition) is 6. The fourth-order valence-corrected chi connectivity index (χ4v) is 2.88. The predicted molar refractivity (Wildman–Crippen MR) is 137 cm³/mol. The molecule has 172 valence electrons. The molecule has 6 nitrogen and oxygen atoms in total. The second kappa shape index (κ2) is 12.5. The Morgan fingerprint density at radius 2 is 0.941 bits per heavy atom. The highest BCUT2D eigenvalue weighted by Crippen LogP contribution is 2.26. The Kier molecular flexibility index (Phi) is 8.82. The van der Waals surface area contributed by atoms with Gasteiger partial charge in [0.2, 0.25) is 0 Å². The topological polar surface area (TPSA) is 83.6 Å². The molecule has 6 heteroatoms. The van der Waals surface area contributed by atoms with Crippen LogP contribution in [0.3, 0.4) is 0 Å². The molecule has 0 radical (unpaired) electrons. The van der Waals surface area contributed by atoms with Gasteiger partial charge in [0, 0.05) is 12.4 Å². The molecular formula is C28H26N2O4. The number of phenolic OH excluding ortho intramolecular Hbond substituents is 2. The number of benzene rings is 4. The number of phenols is 2. The van der Waals surface area contributed by atoms with E-state index in [-0.39, 0.29) is 11.5 Å². The van der Waals surface area contributed by atoms with Crippen molar-refractivity contribution < 1.29 is 19.7 Å². The molecule has 0 aliphatic heterocycles. The van der Waals surface area contributed by atoms with Gasteiger partial charge in [0.05, 0.1) is 25.6 Å². The van der Waals surface area contributed by atoms with E-state index in [0.29, 0.717) is 11.5 Å². The Balaban J connectivity index is 0.000000191. The highest BCUT2D eigenvalue weighted by Gasteiger charge is 2.01. The largest absolute Gasteiger partial charge is 0.504 e. The van der Waals surface area contributed by atoms with Crippen LogP contribution >= 0.6 is 0 Å². The highest BCUT2D eigenvalue weighted by atomic mass is 16.5. The number of nitrogens with zero attached hydrogens (tertiary/aromatic N) is 2. The van der Waals surface area contributed by atoms with Gasteiger partial charge in [-0.25, -0.2) is 0 Å². The second-order valence-electron chi connectivity index (χ2n) is 7.05. The van der Waals surface area contributed by atoms with Gasteiger partial charge in [-0.3, -0.25) is 9.98 Å². The Morgan fingerprint density at radius 3 is 1.29 bits per heavy atom. The second-order valence-corrected chi connectivity index (χ2v) is 7.05. The minimum absolute atomic E-state index is 0.129. The lowest BCUT2D eigenvalue weighted by Gasteiger charge is -2.03. The van der Waals surface area contributed by atoms with Crippen LogP contribution < -0.4 is 9.47 Å². The number of rotatable bonds is 6. The van der Waals surface area contributed by atoms with Crippen LogP contribution in [0.2, 0.25) is 0 Å². The third-order valence-electron chi connectivity index (χ3n) is 4.65. The van der Waals surface area contributed by atoms with Gasteiger partial charge < -0.3 is 19.7 Å². The molecule has 0 atom stereocenters. The summed E-state index contributed by atoms with van der Waals surface area (Å²) in [5.41, 5.74) is 3.53. The molecule has 4 aromatic carbocycles. The van der Waals surface area contributed by atoms with E-state index in [1.54, 1.807) is 48.8 Å². The molecular weight excluding hydrogens is 428 g/mol. The van der Waals surface area contributed by atoms with Crippen molar-refractivity contribution in [3.05, 3.63) is 108 Å². The van der Waals surface area contributed by atoms with E-state index in [1.165, 1.54) is 14.2 Å². The molecule has 0 heterocycles. The van der Waals surface area contributed by atoms with E-state index in [9.17, 15) is 10.2 Å². The van der Waals surface area contributed by atoms with Crippen LogP contribution in [0, 0.1) is 0 Å². The van der Waals surface area contributed by atoms with Crippen molar-refractivity contribution in [1.82, 2.24) is 0 Å². The fraction of sp³-hybridized carbons (Fsp3) is 0.0714. The maximum atomic E-state index is 9.45. The van der Waals surface area contributed by atoms with Gasteiger partial charge in [0.15, 0.2) is 23.0 Å². The van der Waals surface area contributed by atoms with Gasteiger partial charge in [-0.05, 0) is 71.8 Å². The lowest BCUT2D eigenvalue weighted by molar-refractivity contribution is 0.373. The monoisotopic (exact) mass is 454 g/mol. The number of hydrogen-bond donors (Lipinski definition) is 2. The summed E-state index contributed by atoms with van der Waals surface area (Å²) in [7, 11) is 3.04. The number of methoxy groups -OCH3 is 2. The zero-order chi connectivity index (χ0) is 24.2. The van der Waals surface area contributed by atoms with E-state index in [0.717, 1.165) is 22.5 Å². The summed E-state index contributed by atoms with van der Waals surface area (Å²) in [6.07, 6.45) is 3.47. The molecule has 0 aliphatic carbocycles. The van der Waals surface area contributed by atoms with Crippen molar-refractivity contribution in [2.75, 3.05) is 14.2 Å². The molecule has 4 rings (SSSR count). The van der Waals surface area contributed by atoms with Gasteiger partial charge in [-0.1, -0.05) is 36.4 Å². The van der Waals surface area contributed by atoms with Crippen LogP contribution in [0.15, 0.2) is 107 Å². The van der Waals surface area contributed by atoms with Crippen molar-refractivity contribution in [3.8, 4) is 23.0 Å². The third kappa shape index (κ3) is 7.24. The lowest BCUT2D eigenvalue weighted by Crippen LogP contribution is -1.86. The predicted octanol–water partition coefficient (Wildman–Crippen LogP) is 6.30. The first-order valence-corrected chi connectivity index (χ1v) is 10.5. The summed E-state index contributed by atoms with van der Waals surface area (Å²) in [6.45, 7) is 0. The van der Waals surface area contributed by atoms with E-state index in [4.69, 9.17) is 9.47 Å². The summed E-state index contributed by atoms with van der Waals surface area (Å²) in [6, 6.07) is 29.5. The van der Waals surface area contributed by atoms with Crippen molar-refractivity contribution >= 4 is 23.8 Å². The Hall–Kier alpha value is -4.58. The molecule has 0 amide bonds. The van der Waals surface area contributed by atoms with Gasteiger partial charge in [0.1, 0.15) is 0 Å². The Bertz CT molecular complexity index is 1140. The van der Waals surface area contributed by atoms with Crippen LogP contribution in [0.25, 0.3) is 0 Å². The zero-order valence-electron chi connectivity index (χ0n) is 19.0. The number of para-hydroxylation sites is 2. The normalized spacial score (nSPS) is 10.6. The molecule has 0 bridgehead atoms. The van der Waals surface area contributed by atoms with Crippen LogP contribution in [0.4, 0.5) is 11.4 Å². The number of aliphatic imine (C=N–C) groups is 2. The first-order valence-electron chi connectivity index (χ1n) is 10.5. The van der Waals surface area contributed by atoms with Crippen LogP contribution in [0.1, 0.15) is 11.1 Å². The minimum atomic E-state index is 0.129. The van der Waals surface area contributed by atoms with Crippen LogP contribution in [-0.4, -0.2) is 36.9 Å². The van der Waals surface area contributed by atoms with E-state index >= 15 is 0 Å². The molecule has 0 unspecified atom stereocenters. The van der Waals surface area contributed by atoms with Gasteiger partial charge in [0.25, 0.3) is 0 Å². The highest BCUT2D eigenvalue weighted by molar-refractivity contribution is 5.83. The number of ether oxygens (including phenoxy) is 2. The third-order valence-corrected chi connectivity index (χ3v) is 4.65. The van der Waals surface area contributed by atoms with E-state index in [2.05, 4.69) is 9.98 Å². The van der Waals surface area contributed by atoms with Crippen LogP contribution in [0.5, 0.6) is 23.0 Å². The maximum Gasteiger partial charge on any atom is 0.161 e. The quantitative estimate of drug-likeness (QED) is 0.335. The summed E-state index contributed by atoms with van der Waals surface area (Å²) >= 11 is 0. The average molecular weight is 455 g/mol. The van der Waals surface area contributed by atoms with Crippen LogP contribution in [-0.2, 0) is 0 Å². The standard InChI is InChI=1S/2C14H13NO2/c2*1-17-14-9-11(7-8-13(14)16)10-15-12-5-3-2-4-6-12/h2*2-10,16H,1H3. The summed E-state index contributed by atoms with van der Waals surface area (Å²) in [5.74, 6) is 1.15. The van der Waals surface area contributed by atoms with Crippen molar-refractivity contribution in [2.45, 2.75) is 0 Å². The molecule has 0 aliphatic rings. The molecule has 2 N–H and O–H groups in total. The summed E-state index contributed by atoms with van der Waals surface area (Å²) in [4.78, 5) is 8.64. The van der Waals surface area contributed by atoms with Gasteiger partial charge in [-0.15, -0.1) is 0 Å². The molecule has 0 aromatic heterocycles. The van der Waals surface area contributed by atoms with Gasteiger partial charge >= 0.3 is 0 Å². The maximum absolute atomic E-state index is 9.45. The van der Waals surface area contributed by atoms with Gasteiger partial charge in [-0.2, -0.15) is 0 Å². The lowest BCUT2D eigenvalue weighted by atomic mass is 10.2. The van der Waals surface area contributed by atoms with Crippen molar-refractivity contribution in [1.29, 1.82) is 0 Å². The molecule has 0 saturated heterocycles. The smallest absolute Gasteiger partial charge is 0.161 e. The fourth-order valence-electron chi connectivity index (χ4n) is 2.88. The molecule has 4 aromatic rings. The van der Waals surface area contributed by atoms with Crippen molar-refractivity contribution in [3.63, 3.8) is 0 Å². The molecule has 0 fully saturated rings. The van der Waals surface area contributed by atoms with Crippen molar-refractivity contribution in [2.24, 2.45) is 9.98 Å². The van der Waals surface area contributed by atoms with E-state index in [1.807, 2.05) is 60.7 Å². The molecule has 34 heavy (non-hydrogen) atoms.